The van der Waals surface area contributed by atoms with Crippen molar-refractivity contribution < 1.29 is 19.1 Å². The van der Waals surface area contributed by atoms with Crippen LogP contribution < -0.4 is 0 Å². The van der Waals surface area contributed by atoms with Gasteiger partial charge in [-0.15, -0.1) is 0 Å². The number of esters is 2. The van der Waals surface area contributed by atoms with Crippen LogP contribution in [-0.2, 0) is 19.1 Å². The maximum absolute atomic E-state index is 11.6. The fourth-order valence-electron chi connectivity index (χ4n) is 1.89. The first-order valence-electron chi connectivity index (χ1n) is 4.82. The zero-order valence-corrected chi connectivity index (χ0v) is 9.57. The van der Waals surface area contributed by atoms with Crippen LogP contribution >= 0.6 is 0 Å². The summed E-state index contributed by atoms with van der Waals surface area (Å²) in [5, 5.41) is 0. The Kier molecular flexibility index (Phi) is 3.34. The summed E-state index contributed by atoms with van der Waals surface area (Å²) in [6.45, 7) is 0. The van der Waals surface area contributed by atoms with E-state index in [2.05, 4.69) is 9.47 Å². The maximum atomic E-state index is 11.6. The van der Waals surface area contributed by atoms with Gasteiger partial charge in [-0.25, -0.2) is 0 Å². The number of hydrogen-bond donors (Lipinski definition) is 0. The maximum Gasteiger partial charge on any atom is 0.321 e. The number of carbonyl (C=O) groups is 2. The van der Waals surface area contributed by atoms with Crippen molar-refractivity contribution in [3.8, 4) is 0 Å². The summed E-state index contributed by atoms with van der Waals surface area (Å²) in [6, 6.07) is 0. The van der Waals surface area contributed by atoms with Crippen molar-refractivity contribution in [3.63, 3.8) is 0 Å². The number of methoxy groups -OCH3 is 2. The molecular weight excluding hydrogens is 198 g/mol. The molecule has 0 amide bonds. The molecule has 0 N–H and O–H groups in total. The molecular formula is C10H17NO4. The van der Waals surface area contributed by atoms with Gasteiger partial charge < -0.3 is 14.4 Å². The van der Waals surface area contributed by atoms with Crippen molar-refractivity contribution in [2.75, 3.05) is 28.3 Å². The van der Waals surface area contributed by atoms with Crippen LogP contribution in [0.4, 0.5) is 0 Å². The molecule has 0 saturated heterocycles. The third kappa shape index (κ3) is 1.97. The first kappa shape index (κ1) is 12.0. The number of hydrogen-bond acceptors (Lipinski definition) is 5. The van der Waals surface area contributed by atoms with Crippen molar-refractivity contribution in [1.29, 1.82) is 0 Å². The average molecular weight is 215 g/mol. The van der Waals surface area contributed by atoms with E-state index in [1.807, 2.05) is 19.0 Å². The molecule has 1 saturated carbocycles. The first-order valence-corrected chi connectivity index (χ1v) is 4.82. The Hall–Kier alpha value is -1.10. The number of carbonyl (C=O) groups excluding carboxylic acids is 2. The van der Waals surface area contributed by atoms with Gasteiger partial charge in [-0.05, 0) is 26.9 Å². The van der Waals surface area contributed by atoms with Gasteiger partial charge in [-0.3, -0.25) is 9.59 Å². The second-order valence-corrected chi connectivity index (χ2v) is 3.98. The normalized spacial score (nSPS) is 17.7. The fourth-order valence-corrected chi connectivity index (χ4v) is 1.89. The largest absolute Gasteiger partial charge is 0.468 e. The van der Waals surface area contributed by atoms with Gasteiger partial charge in [0.25, 0.3) is 0 Å². The first-order chi connectivity index (χ1) is 6.99. The quantitative estimate of drug-likeness (QED) is 0.489. The van der Waals surface area contributed by atoms with Crippen LogP contribution in [0.5, 0.6) is 0 Å². The van der Waals surface area contributed by atoms with E-state index >= 15 is 0 Å². The number of rotatable bonds is 4. The molecule has 0 bridgehead atoms. The lowest BCUT2D eigenvalue weighted by atomic mass is 9.96. The topological polar surface area (TPSA) is 55.8 Å². The minimum absolute atomic E-state index is 0.403. The van der Waals surface area contributed by atoms with E-state index in [1.54, 1.807) is 0 Å². The van der Waals surface area contributed by atoms with E-state index < -0.39 is 23.4 Å². The Morgan fingerprint density at radius 3 is 1.73 bits per heavy atom. The smallest absolute Gasteiger partial charge is 0.321 e. The number of ether oxygens (including phenoxy) is 2. The number of nitrogens with zero attached hydrogens (tertiary/aromatic N) is 1. The van der Waals surface area contributed by atoms with Gasteiger partial charge in [-0.1, -0.05) is 0 Å². The molecule has 5 nitrogen and oxygen atoms in total. The summed E-state index contributed by atoms with van der Waals surface area (Å²) in [4.78, 5) is 25.0. The van der Waals surface area contributed by atoms with E-state index in [9.17, 15) is 9.59 Å². The van der Waals surface area contributed by atoms with Crippen LogP contribution in [0, 0.1) is 5.92 Å². The molecule has 0 heterocycles. The summed E-state index contributed by atoms with van der Waals surface area (Å²) in [7, 11) is 6.27. The van der Waals surface area contributed by atoms with Crippen LogP contribution in [0.1, 0.15) is 12.8 Å². The second kappa shape index (κ2) is 4.18. The van der Waals surface area contributed by atoms with Gasteiger partial charge >= 0.3 is 11.9 Å². The van der Waals surface area contributed by atoms with Gasteiger partial charge in [0.1, 0.15) is 0 Å². The second-order valence-electron chi connectivity index (χ2n) is 3.98. The summed E-state index contributed by atoms with van der Waals surface area (Å²) < 4.78 is 9.29. The lowest BCUT2D eigenvalue weighted by molar-refractivity contribution is -0.162. The molecule has 1 rings (SSSR count). The molecule has 1 aliphatic rings. The summed E-state index contributed by atoms with van der Waals surface area (Å²) in [5.74, 6) is -1.87. The van der Waals surface area contributed by atoms with Crippen molar-refractivity contribution in [2.24, 2.45) is 5.92 Å². The van der Waals surface area contributed by atoms with Crippen molar-refractivity contribution in [1.82, 2.24) is 4.90 Å². The van der Waals surface area contributed by atoms with Crippen molar-refractivity contribution in [2.45, 2.75) is 18.4 Å². The Morgan fingerprint density at radius 2 is 1.53 bits per heavy atom. The zero-order chi connectivity index (χ0) is 11.6. The van der Waals surface area contributed by atoms with E-state index in [4.69, 9.17) is 0 Å². The Morgan fingerprint density at radius 1 is 1.13 bits per heavy atom. The van der Waals surface area contributed by atoms with E-state index in [0.29, 0.717) is 0 Å². The molecule has 0 aromatic carbocycles. The summed E-state index contributed by atoms with van der Waals surface area (Å²) >= 11 is 0. The van der Waals surface area contributed by atoms with E-state index in [-0.39, 0.29) is 0 Å². The third-order valence-electron chi connectivity index (χ3n) is 3.06. The Labute approximate surface area is 89.3 Å². The fraction of sp³-hybridized carbons (Fsp3) is 0.800. The molecule has 1 fully saturated rings. The van der Waals surface area contributed by atoms with Crippen molar-refractivity contribution in [3.05, 3.63) is 0 Å². The summed E-state index contributed by atoms with van der Waals surface area (Å²) in [5.41, 5.74) is -0.403. The van der Waals surface area contributed by atoms with E-state index in [0.717, 1.165) is 12.8 Å². The molecule has 0 spiro atoms. The predicted molar refractivity (Wildman–Crippen MR) is 53.2 cm³/mol. The van der Waals surface area contributed by atoms with Crippen LogP contribution in [0.15, 0.2) is 0 Å². The highest BCUT2D eigenvalue weighted by Crippen LogP contribution is 2.47. The van der Waals surface area contributed by atoms with Gasteiger partial charge in [0.15, 0.2) is 5.92 Å². The highest BCUT2D eigenvalue weighted by Gasteiger charge is 2.58. The van der Waals surface area contributed by atoms with Crippen molar-refractivity contribution >= 4 is 11.9 Å². The van der Waals surface area contributed by atoms with Crippen LogP contribution in [0.2, 0.25) is 0 Å². The Balaban J connectivity index is 2.91. The highest BCUT2D eigenvalue weighted by atomic mass is 16.5. The molecule has 0 atom stereocenters. The molecule has 0 unspecified atom stereocenters. The van der Waals surface area contributed by atoms with Gasteiger partial charge in [-0.2, -0.15) is 0 Å². The van der Waals surface area contributed by atoms with E-state index in [1.165, 1.54) is 14.2 Å². The molecule has 15 heavy (non-hydrogen) atoms. The van der Waals surface area contributed by atoms with Crippen LogP contribution in [0.25, 0.3) is 0 Å². The molecule has 0 aliphatic heterocycles. The molecule has 0 aromatic rings. The van der Waals surface area contributed by atoms with Crippen LogP contribution in [-0.4, -0.2) is 50.7 Å². The van der Waals surface area contributed by atoms with Gasteiger partial charge in [0.2, 0.25) is 0 Å². The highest BCUT2D eigenvalue weighted by molar-refractivity contribution is 5.97. The predicted octanol–water partition coefficient (Wildman–Crippen LogP) is 0.0428. The molecule has 86 valence electrons. The average Bonchev–Trinajstić information content (AvgIpc) is 2.98. The van der Waals surface area contributed by atoms with Gasteiger partial charge in [0, 0.05) is 5.54 Å². The minimum atomic E-state index is -0.831. The van der Waals surface area contributed by atoms with Gasteiger partial charge in [0.05, 0.1) is 14.2 Å². The SMILES string of the molecule is COC(=O)C(C(=O)OC)C1(N(C)C)CC1. The molecule has 1 aliphatic carbocycles. The monoisotopic (exact) mass is 215 g/mol. The summed E-state index contributed by atoms with van der Waals surface area (Å²) in [6.07, 6.45) is 1.63. The zero-order valence-electron chi connectivity index (χ0n) is 9.57. The lowest BCUT2D eigenvalue weighted by Gasteiger charge is -2.28. The standard InChI is InChI=1S/C10H17NO4/c1-11(2)10(5-6-10)7(8(12)14-3)9(13)15-4/h7H,5-6H2,1-4H3. The molecule has 0 radical (unpaired) electrons. The minimum Gasteiger partial charge on any atom is -0.468 e. The van der Waals surface area contributed by atoms with Crippen LogP contribution in [0.3, 0.4) is 0 Å². The lowest BCUT2D eigenvalue weighted by Crippen LogP contribution is -2.46. The Bertz CT molecular complexity index is 255. The molecule has 5 heteroatoms. The molecule has 0 aromatic heterocycles. The third-order valence-corrected chi connectivity index (χ3v) is 3.06.